The molecule has 0 aliphatic heterocycles. The molecule has 0 spiro atoms. The highest BCUT2D eigenvalue weighted by atomic mass is 16.5. The zero-order chi connectivity index (χ0) is 14.1. The lowest BCUT2D eigenvalue weighted by atomic mass is 10.2. The Hall–Kier alpha value is -1.49. The van der Waals surface area contributed by atoms with E-state index < -0.39 is 0 Å². The molecule has 3 N–H and O–H groups in total. The zero-order valence-corrected chi connectivity index (χ0v) is 12.1. The van der Waals surface area contributed by atoms with Gasteiger partial charge in [0.05, 0.1) is 12.3 Å². The van der Waals surface area contributed by atoms with E-state index in [0.29, 0.717) is 24.1 Å². The summed E-state index contributed by atoms with van der Waals surface area (Å²) < 4.78 is 10.9. The molecule has 0 atom stereocenters. The number of aromatic nitrogens is 1. The molecular formula is C14H25N3O2. The molecule has 1 rings (SSSR count). The lowest BCUT2D eigenvalue weighted by molar-refractivity contribution is 0.110. The molecule has 0 aliphatic carbocycles. The number of hydrogen-bond donors (Lipinski definition) is 2. The predicted molar refractivity (Wildman–Crippen MR) is 78.6 cm³/mol. The zero-order valence-electron chi connectivity index (χ0n) is 12.1. The molecule has 19 heavy (non-hydrogen) atoms. The Morgan fingerprint density at radius 1 is 1.37 bits per heavy atom. The molecule has 0 fully saturated rings. The fourth-order valence-corrected chi connectivity index (χ4v) is 1.51. The van der Waals surface area contributed by atoms with Crippen molar-refractivity contribution in [3.63, 3.8) is 0 Å². The van der Waals surface area contributed by atoms with Gasteiger partial charge in [0.25, 0.3) is 0 Å². The van der Waals surface area contributed by atoms with Crippen LogP contribution in [-0.2, 0) is 4.74 Å². The third-order valence-corrected chi connectivity index (χ3v) is 2.39. The van der Waals surface area contributed by atoms with Crippen LogP contribution in [0.25, 0.3) is 0 Å². The molecule has 0 bridgehead atoms. The first-order valence-corrected chi connectivity index (χ1v) is 6.84. The average Bonchev–Trinajstić information content (AvgIpc) is 2.37. The van der Waals surface area contributed by atoms with Crippen LogP contribution in [0.15, 0.2) is 12.1 Å². The van der Waals surface area contributed by atoms with Gasteiger partial charge in [0.2, 0.25) is 5.88 Å². The molecule has 0 aliphatic rings. The Kier molecular flexibility index (Phi) is 7.03. The normalized spacial score (nSPS) is 10.7. The quantitative estimate of drug-likeness (QED) is 0.673. The van der Waals surface area contributed by atoms with Crippen molar-refractivity contribution in [1.82, 2.24) is 4.98 Å². The number of nitrogen functional groups attached to an aromatic ring is 1. The van der Waals surface area contributed by atoms with E-state index in [2.05, 4.69) is 24.1 Å². The van der Waals surface area contributed by atoms with Gasteiger partial charge < -0.3 is 20.5 Å². The van der Waals surface area contributed by atoms with E-state index in [1.165, 1.54) is 0 Å². The molecule has 5 nitrogen and oxygen atoms in total. The minimum absolute atomic E-state index is 0.489. The van der Waals surface area contributed by atoms with Gasteiger partial charge in [-0.25, -0.2) is 0 Å². The molecule has 1 heterocycles. The van der Waals surface area contributed by atoms with Gasteiger partial charge in [0.1, 0.15) is 5.82 Å². The van der Waals surface area contributed by atoms with Crippen LogP contribution in [0.3, 0.4) is 0 Å². The van der Waals surface area contributed by atoms with Crippen molar-refractivity contribution in [1.29, 1.82) is 0 Å². The summed E-state index contributed by atoms with van der Waals surface area (Å²) in [5.74, 6) is 1.85. The van der Waals surface area contributed by atoms with Crippen LogP contribution in [0.1, 0.15) is 27.2 Å². The van der Waals surface area contributed by atoms with Crippen molar-refractivity contribution in [2.24, 2.45) is 5.92 Å². The highest BCUT2D eigenvalue weighted by Crippen LogP contribution is 2.20. The molecule has 0 aromatic carbocycles. The Balaban J connectivity index is 2.27. The van der Waals surface area contributed by atoms with Gasteiger partial charge in [-0.2, -0.15) is 4.98 Å². The predicted octanol–water partition coefficient (Wildman–Crippen LogP) is 2.54. The molecule has 0 radical (unpaired) electrons. The first-order chi connectivity index (χ1) is 9.13. The van der Waals surface area contributed by atoms with E-state index in [1.54, 1.807) is 6.07 Å². The molecule has 1 aromatic rings. The van der Waals surface area contributed by atoms with Crippen molar-refractivity contribution in [2.45, 2.75) is 27.2 Å². The summed E-state index contributed by atoms with van der Waals surface area (Å²) in [6, 6.07) is 3.66. The Morgan fingerprint density at radius 3 is 2.84 bits per heavy atom. The van der Waals surface area contributed by atoms with Crippen LogP contribution in [0.2, 0.25) is 0 Å². The van der Waals surface area contributed by atoms with E-state index in [0.717, 1.165) is 32.0 Å². The minimum Gasteiger partial charge on any atom is -0.476 e. The number of nitrogens with zero attached hydrogens (tertiary/aromatic N) is 1. The molecule has 5 heteroatoms. The second-order valence-corrected chi connectivity index (χ2v) is 4.77. The highest BCUT2D eigenvalue weighted by Gasteiger charge is 2.03. The maximum Gasteiger partial charge on any atom is 0.239 e. The monoisotopic (exact) mass is 267 g/mol. The summed E-state index contributed by atoms with van der Waals surface area (Å²) in [5.41, 5.74) is 6.33. The molecule has 0 saturated carbocycles. The van der Waals surface area contributed by atoms with Crippen molar-refractivity contribution in [3.8, 4) is 5.88 Å². The van der Waals surface area contributed by atoms with Crippen LogP contribution < -0.4 is 15.8 Å². The fraction of sp³-hybridized carbons (Fsp3) is 0.643. The molecule has 108 valence electrons. The second kappa shape index (κ2) is 8.58. The first kappa shape index (κ1) is 15.6. The largest absolute Gasteiger partial charge is 0.476 e. The number of ether oxygens (including phenoxy) is 2. The SMILES string of the molecule is CCOc1nc(NCCCOCC(C)C)ccc1N. The molecule has 1 aromatic heterocycles. The van der Waals surface area contributed by atoms with Gasteiger partial charge in [0.15, 0.2) is 0 Å². The first-order valence-electron chi connectivity index (χ1n) is 6.84. The van der Waals surface area contributed by atoms with Gasteiger partial charge in [-0.05, 0) is 31.4 Å². The number of anilines is 2. The van der Waals surface area contributed by atoms with Gasteiger partial charge in [-0.3, -0.25) is 0 Å². The summed E-state index contributed by atoms with van der Waals surface area (Å²) in [4.78, 5) is 4.31. The lowest BCUT2D eigenvalue weighted by Crippen LogP contribution is -2.10. The molecule has 0 saturated heterocycles. The molecular weight excluding hydrogens is 242 g/mol. The number of nitrogens with one attached hydrogen (secondary N) is 1. The van der Waals surface area contributed by atoms with E-state index in [-0.39, 0.29) is 0 Å². The van der Waals surface area contributed by atoms with Crippen LogP contribution in [0.5, 0.6) is 5.88 Å². The molecule has 0 unspecified atom stereocenters. The van der Waals surface area contributed by atoms with Crippen LogP contribution >= 0.6 is 0 Å². The van der Waals surface area contributed by atoms with Crippen molar-refractivity contribution in [3.05, 3.63) is 12.1 Å². The van der Waals surface area contributed by atoms with Crippen molar-refractivity contribution < 1.29 is 9.47 Å². The van der Waals surface area contributed by atoms with Crippen LogP contribution in [0, 0.1) is 5.92 Å². The van der Waals surface area contributed by atoms with Crippen LogP contribution in [-0.4, -0.2) is 31.3 Å². The van der Waals surface area contributed by atoms with Gasteiger partial charge >= 0.3 is 0 Å². The number of hydrogen-bond acceptors (Lipinski definition) is 5. The van der Waals surface area contributed by atoms with E-state index in [9.17, 15) is 0 Å². The summed E-state index contributed by atoms with van der Waals surface area (Å²) in [7, 11) is 0. The minimum atomic E-state index is 0.489. The smallest absolute Gasteiger partial charge is 0.239 e. The van der Waals surface area contributed by atoms with E-state index in [1.807, 2.05) is 13.0 Å². The Morgan fingerprint density at radius 2 is 2.16 bits per heavy atom. The highest BCUT2D eigenvalue weighted by molar-refractivity contribution is 5.53. The van der Waals surface area contributed by atoms with Gasteiger partial charge in [0, 0.05) is 19.8 Å². The number of nitrogens with two attached hydrogens (primary N) is 1. The second-order valence-electron chi connectivity index (χ2n) is 4.77. The van der Waals surface area contributed by atoms with Gasteiger partial charge in [-0.15, -0.1) is 0 Å². The summed E-state index contributed by atoms with van der Waals surface area (Å²) in [6.07, 6.45) is 0.947. The number of rotatable bonds is 9. The maximum atomic E-state index is 5.76. The van der Waals surface area contributed by atoms with Crippen LogP contribution in [0.4, 0.5) is 11.5 Å². The Bertz CT molecular complexity index is 370. The van der Waals surface area contributed by atoms with E-state index >= 15 is 0 Å². The molecule has 0 amide bonds. The summed E-state index contributed by atoms with van der Waals surface area (Å²) in [5, 5.41) is 3.23. The number of pyridine rings is 1. The standard InChI is InChI=1S/C14H25N3O2/c1-4-19-14-12(15)6-7-13(17-14)16-8-5-9-18-10-11(2)3/h6-7,11H,4-5,8-10,15H2,1-3H3,(H,16,17). The summed E-state index contributed by atoms with van der Waals surface area (Å²) >= 11 is 0. The topological polar surface area (TPSA) is 69.4 Å². The van der Waals surface area contributed by atoms with Crippen molar-refractivity contribution >= 4 is 11.5 Å². The Labute approximate surface area is 115 Å². The summed E-state index contributed by atoms with van der Waals surface area (Å²) in [6.45, 7) is 9.16. The average molecular weight is 267 g/mol. The maximum absolute atomic E-state index is 5.76. The third kappa shape index (κ3) is 6.29. The van der Waals surface area contributed by atoms with E-state index in [4.69, 9.17) is 15.2 Å². The van der Waals surface area contributed by atoms with Gasteiger partial charge in [-0.1, -0.05) is 13.8 Å². The van der Waals surface area contributed by atoms with Crippen molar-refractivity contribution in [2.75, 3.05) is 37.4 Å². The fourth-order valence-electron chi connectivity index (χ4n) is 1.51. The lowest BCUT2D eigenvalue weighted by Gasteiger charge is -2.10. The third-order valence-electron chi connectivity index (χ3n) is 2.39.